The van der Waals surface area contributed by atoms with Crippen LogP contribution in [0.15, 0.2) is 29.3 Å². The van der Waals surface area contributed by atoms with Crippen molar-refractivity contribution in [3.8, 4) is 5.75 Å². The first-order valence-electron chi connectivity index (χ1n) is 8.87. The molecule has 0 bridgehead atoms. The van der Waals surface area contributed by atoms with Gasteiger partial charge >= 0.3 is 0 Å². The Morgan fingerprint density at radius 2 is 2.17 bits per heavy atom. The second kappa shape index (κ2) is 7.43. The summed E-state index contributed by atoms with van der Waals surface area (Å²) in [5.74, 6) is 1.88. The van der Waals surface area contributed by atoms with E-state index in [-0.39, 0.29) is 6.10 Å². The number of aliphatic imine (C=N–C) groups is 1. The normalized spacial score (nSPS) is 25.3. The Kier molecular flexibility index (Phi) is 5.29. The summed E-state index contributed by atoms with van der Waals surface area (Å²) >= 11 is 0. The fraction of sp³-hybridized carbons (Fsp3) is 0.632. The second-order valence-corrected chi connectivity index (χ2v) is 7.14. The van der Waals surface area contributed by atoms with Gasteiger partial charge in [0, 0.05) is 32.2 Å². The Morgan fingerprint density at radius 1 is 1.38 bits per heavy atom. The standard InChI is InChI=1S/C19H29N3O2/c1-15-4-6-17(7-5-15)24-16(2)12-21-18(20-3)22-10-8-19(13-22)9-11-23-14-19/h4-7,16H,8-14H2,1-3H3,(H,20,21). The molecule has 2 fully saturated rings. The van der Waals surface area contributed by atoms with Crippen LogP contribution in [0.1, 0.15) is 25.3 Å². The summed E-state index contributed by atoms with van der Waals surface area (Å²) in [6.07, 6.45) is 2.45. The summed E-state index contributed by atoms with van der Waals surface area (Å²) in [7, 11) is 1.85. The van der Waals surface area contributed by atoms with E-state index in [1.54, 1.807) is 0 Å². The summed E-state index contributed by atoms with van der Waals surface area (Å²) < 4.78 is 11.6. The van der Waals surface area contributed by atoms with E-state index >= 15 is 0 Å². The highest BCUT2D eigenvalue weighted by atomic mass is 16.5. The lowest BCUT2D eigenvalue weighted by molar-refractivity contribution is 0.156. The number of hydrogen-bond acceptors (Lipinski definition) is 3. The largest absolute Gasteiger partial charge is 0.489 e. The number of rotatable bonds is 4. The molecule has 2 saturated heterocycles. The Bertz CT molecular complexity index is 564. The van der Waals surface area contributed by atoms with E-state index in [9.17, 15) is 0 Å². The quantitative estimate of drug-likeness (QED) is 0.680. The van der Waals surface area contributed by atoms with Gasteiger partial charge in [-0.1, -0.05) is 17.7 Å². The fourth-order valence-corrected chi connectivity index (χ4v) is 3.55. The van der Waals surface area contributed by atoms with E-state index in [1.807, 2.05) is 19.2 Å². The third kappa shape index (κ3) is 4.01. The molecule has 1 aromatic carbocycles. The number of nitrogens with zero attached hydrogens (tertiary/aromatic N) is 2. The van der Waals surface area contributed by atoms with Crippen LogP contribution in [-0.4, -0.2) is 56.9 Å². The van der Waals surface area contributed by atoms with E-state index in [0.29, 0.717) is 5.41 Å². The van der Waals surface area contributed by atoms with Crippen molar-refractivity contribution < 1.29 is 9.47 Å². The molecule has 132 valence electrons. The third-order valence-electron chi connectivity index (χ3n) is 5.04. The Morgan fingerprint density at radius 3 is 2.83 bits per heavy atom. The highest BCUT2D eigenvalue weighted by Gasteiger charge is 2.42. The molecular weight excluding hydrogens is 302 g/mol. The van der Waals surface area contributed by atoms with Gasteiger partial charge in [-0.05, 0) is 38.8 Å². The zero-order valence-electron chi connectivity index (χ0n) is 15.0. The number of benzene rings is 1. The van der Waals surface area contributed by atoms with Crippen LogP contribution in [0.4, 0.5) is 0 Å². The Balaban J connectivity index is 1.48. The maximum absolute atomic E-state index is 5.96. The smallest absolute Gasteiger partial charge is 0.193 e. The predicted molar refractivity (Wildman–Crippen MR) is 96.7 cm³/mol. The highest BCUT2D eigenvalue weighted by Crippen LogP contribution is 2.38. The molecule has 24 heavy (non-hydrogen) atoms. The molecule has 1 spiro atoms. The van der Waals surface area contributed by atoms with Crippen molar-refractivity contribution in [2.45, 2.75) is 32.8 Å². The molecule has 3 rings (SSSR count). The van der Waals surface area contributed by atoms with Crippen LogP contribution in [0.5, 0.6) is 5.75 Å². The van der Waals surface area contributed by atoms with Crippen molar-refractivity contribution in [2.75, 3.05) is 39.9 Å². The number of hydrogen-bond donors (Lipinski definition) is 1. The van der Waals surface area contributed by atoms with Crippen LogP contribution >= 0.6 is 0 Å². The van der Waals surface area contributed by atoms with Gasteiger partial charge in [-0.3, -0.25) is 4.99 Å². The van der Waals surface area contributed by atoms with Gasteiger partial charge in [0.1, 0.15) is 11.9 Å². The number of ether oxygens (including phenoxy) is 2. The van der Waals surface area contributed by atoms with Gasteiger partial charge in [0.2, 0.25) is 0 Å². The molecule has 5 heteroatoms. The first-order valence-corrected chi connectivity index (χ1v) is 8.87. The van der Waals surface area contributed by atoms with Crippen molar-refractivity contribution >= 4 is 5.96 Å². The molecule has 1 N–H and O–H groups in total. The molecule has 2 unspecified atom stereocenters. The lowest BCUT2D eigenvalue weighted by Gasteiger charge is -2.26. The van der Waals surface area contributed by atoms with Crippen molar-refractivity contribution in [1.82, 2.24) is 10.2 Å². The van der Waals surface area contributed by atoms with Crippen molar-refractivity contribution in [3.05, 3.63) is 29.8 Å². The van der Waals surface area contributed by atoms with E-state index in [1.165, 1.54) is 18.4 Å². The van der Waals surface area contributed by atoms with Gasteiger partial charge in [-0.2, -0.15) is 0 Å². The maximum Gasteiger partial charge on any atom is 0.193 e. The van der Waals surface area contributed by atoms with Crippen LogP contribution in [0.3, 0.4) is 0 Å². The molecule has 0 radical (unpaired) electrons. The summed E-state index contributed by atoms with van der Waals surface area (Å²) in [6.45, 7) is 8.79. The summed E-state index contributed by atoms with van der Waals surface area (Å²) in [5.41, 5.74) is 1.59. The third-order valence-corrected chi connectivity index (χ3v) is 5.04. The van der Waals surface area contributed by atoms with E-state index < -0.39 is 0 Å². The Hall–Kier alpha value is -1.75. The van der Waals surface area contributed by atoms with Crippen LogP contribution in [-0.2, 0) is 4.74 Å². The minimum atomic E-state index is 0.0795. The first-order chi connectivity index (χ1) is 11.6. The van der Waals surface area contributed by atoms with Crippen LogP contribution < -0.4 is 10.1 Å². The molecule has 0 aliphatic carbocycles. The van der Waals surface area contributed by atoms with Gasteiger partial charge in [0.15, 0.2) is 5.96 Å². The average Bonchev–Trinajstić information content (AvgIpc) is 3.21. The van der Waals surface area contributed by atoms with E-state index in [2.05, 4.69) is 41.2 Å². The molecule has 5 nitrogen and oxygen atoms in total. The zero-order valence-corrected chi connectivity index (χ0v) is 15.0. The van der Waals surface area contributed by atoms with Crippen LogP contribution in [0.2, 0.25) is 0 Å². The first kappa shape index (κ1) is 17.1. The number of likely N-dealkylation sites (tertiary alicyclic amines) is 1. The second-order valence-electron chi connectivity index (χ2n) is 7.14. The SMILES string of the molecule is CN=C(NCC(C)Oc1ccc(C)cc1)N1CCC2(CCOC2)C1. The number of aryl methyl sites for hydroxylation is 1. The van der Waals surface area contributed by atoms with Gasteiger partial charge in [-0.15, -0.1) is 0 Å². The summed E-state index contributed by atoms with van der Waals surface area (Å²) in [6, 6.07) is 8.18. The van der Waals surface area contributed by atoms with Crippen LogP contribution in [0, 0.1) is 12.3 Å². The fourth-order valence-electron chi connectivity index (χ4n) is 3.55. The molecule has 0 saturated carbocycles. The molecule has 2 atom stereocenters. The number of nitrogens with one attached hydrogen (secondary N) is 1. The maximum atomic E-state index is 5.96. The highest BCUT2D eigenvalue weighted by molar-refractivity contribution is 5.80. The topological polar surface area (TPSA) is 46.1 Å². The van der Waals surface area contributed by atoms with E-state index in [4.69, 9.17) is 9.47 Å². The lowest BCUT2D eigenvalue weighted by Crippen LogP contribution is -2.44. The molecule has 2 aliphatic rings. The molecular formula is C19H29N3O2. The molecule has 1 aromatic rings. The van der Waals surface area contributed by atoms with Crippen molar-refractivity contribution in [1.29, 1.82) is 0 Å². The minimum Gasteiger partial charge on any atom is -0.489 e. The zero-order chi connectivity index (χ0) is 17.0. The van der Waals surface area contributed by atoms with Crippen LogP contribution in [0.25, 0.3) is 0 Å². The minimum absolute atomic E-state index is 0.0795. The number of guanidine groups is 1. The van der Waals surface area contributed by atoms with Crippen molar-refractivity contribution in [2.24, 2.45) is 10.4 Å². The molecule has 2 aliphatic heterocycles. The van der Waals surface area contributed by atoms with Gasteiger partial charge in [0.25, 0.3) is 0 Å². The monoisotopic (exact) mass is 331 g/mol. The van der Waals surface area contributed by atoms with Gasteiger partial charge in [-0.25, -0.2) is 0 Å². The van der Waals surface area contributed by atoms with E-state index in [0.717, 1.165) is 44.6 Å². The molecule has 2 heterocycles. The average molecular weight is 331 g/mol. The molecule has 0 aromatic heterocycles. The van der Waals surface area contributed by atoms with Gasteiger partial charge < -0.3 is 19.7 Å². The summed E-state index contributed by atoms with van der Waals surface area (Å²) in [4.78, 5) is 6.80. The Labute approximate surface area is 145 Å². The predicted octanol–water partition coefficient (Wildman–Crippen LogP) is 2.45. The lowest BCUT2D eigenvalue weighted by atomic mass is 9.87. The van der Waals surface area contributed by atoms with Crippen molar-refractivity contribution in [3.63, 3.8) is 0 Å². The summed E-state index contributed by atoms with van der Waals surface area (Å²) in [5, 5.41) is 3.46. The molecule has 0 amide bonds. The van der Waals surface area contributed by atoms with Gasteiger partial charge in [0.05, 0.1) is 13.2 Å².